The lowest BCUT2D eigenvalue weighted by Gasteiger charge is -2.29. The minimum absolute atomic E-state index is 0.102. The first-order valence-corrected chi connectivity index (χ1v) is 8.80. The van der Waals surface area contributed by atoms with Crippen LogP contribution < -0.4 is 4.90 Å². The number of carbonyl (C=O) groups is 1. The van der Waals surface area contributed by atoms with Gasteiger partial charge in [0.1, 0.15) is 0 Å². The first-order chi connectivity index (χ1) is 10.6. The summed E-state index contributed by atoms with van der Waals surface area (Å²) in [7, 11) is -0.989. The summed E-state index contributed by atoms with van der Waals surface area (Å²) >= 11 is 0. The number of hydrogen-bond acceptors (Lipinski definition) is 2. The molecule has 1 unspecified atom stereocenters. The predicted octanol–water partition coefficient (Wildman–Crippen LogP) is 3.08. The lowest BCUT2D eigenvalue weighted by Crippen LogP contribution is -2.38. The number of amides is 1. The first-order valence-electron chi connectivity index (χ1n) is 7.48. The summed E-state index contributed by atoms with van der Waals surface area (Å²) in [5.41, 5.74) is 3.20. The highest BCUT2D eigenvalue weighted by atomic mass is 32.2. The molecule has 1 aliphatic rings. The molecule has 4 heteroatoms. The van der Waals surface area contributed by atoms with Crippen LogP contribution in [0.4, 0.5) is 5.69 Å². The van der Waals surface area contributed by atoms with E-state index in [1.54, 1.807) is 4.90 Å². The number of nitrogens with zero attached hydrogens (tertiary/aromatic N) is 1. The number of aryl methyl sites for hydroxylation is 2. The molecule has 1 aliphatic heterocycles. The Bertz CT molecular complexity index is 727. The number of para-hydroxylation sites is 1. The summed E-state index contributed by atoms with van der Waals surface area (Å²) in [4.78, 5) is 15.1. The van der Waals surface area contributed by atoms with Crippen molar-refractivity contribution in [3.63, 3.8) is 0 Å². The Morgan fingerprint density at radius 2 is 2.00 bits per heavy atom. The van der Waals surface area contributed by atoms with Crippen LogP contribution in [0, 0.1) is 6.92 Å². The SMILES string of the molecule is Cc1cccc(CCC(=O)N2CCS(=O)c3ccccc32)c1. The number of hydrogen-bond donors (Lipinski definition) is 0. The molecule has 2 aromatic rings. The molecule has 114 valence electrons. The van der Waals surface area contributed by atoms with Gasteiger partial charge in [0.25, 0.3) is 0 Å². The van der Waals surface area contributed by atoms with Gasteiger partial charge in [-0.2, -0.15) is 0 Å². The zero-order valence-corrected chi connectivity index (χ0v) is 13.4. The average Bonchev–Trinajstić information content (AvgIpc) is 2.53. The van der Waals surface area contributed by atoms with Gasteiger partial charge >= 0.3 is 0 Å². The highest BCUT2D eigenvalue weighted by Gasteiger charge is 2.25. The van der Waals surface area contributed by atoms with Gasteiger partial charge in [-0.3, -0.25) is 9.00 Å². The zero-order valence-electron chi connectivity index (χ0n) is 12.6. The summed E-state index contributed by atoms with van der Waals surface area (Å²) in [6, 6.07) is 15.8. The van der Waals surface area contributed by atoms with Crippen molar-refractivity contribution >= 4 is 22.4 Å². The molecule has 3 nitrogen and oxygen atoms in total. The molecule has 0 N–H and O–H groups in total. The normalized spacial score (nSPS) is 17.1. The molecular weight excluding hydrogens is 294 g/mol. The molecular formula is C18H19NO2S. The average molecular weight is 313 g/mol. The van der Waals surface area contributed by atoms with Crippen molar-refractivity contribution in [2.75, 3.05) is 17.2 Å². The van der Waals surface area contributed by atoms with E-state index in [9.17, 15) is 9.00 Å². The zero-order chi connectivity index (χ0) is 15.5. The van der Waals surface area contributed by atoms with Gasteiger partial charge in [0.05, 0.1) is 21.4 Å². The van der Waals surface area contributed by atoms with Gasteiger partial charge in [-0.05, 0) is 31.0 Å². The molecule has 22 heavy (non-hydrogen) atoms. The molecule has 0 spiro atoms. The van der Waals surface area contributed by atoms with E-state index in [2.05, 4.69) is 25.1 Å². The topological polar surface area (TPSA) is 37.4 Å². The molecule has 0 aliphatic carbocycles. The minimum Gasteiger partial charge on any atom is -0.310 e. The second-order valence-corrected chi connectivity index (χ2v) is 7.09. The first kappa shape index (κ1) is 15.0. The Morgan fingerprint density at radius 1 is 1.18 bits per heavy atom. The molecule has 1 heterocycles. The fourth-order valence-corrected chi connectivity index (χ4v) is 4.00. The van der Waals surface area contributed by atoms with Crippen LogP contribution in [0.15, 0.2) is 53.4 Å². The number of fused-ring (bicyclic) bond motifs is 1. The van der Waals surface area contributed by atoms with Gasteiger partial charge in [0.2, 0.25) is 5.91 Å². The smallest absolute Gasteiger partial charge is 0.227 e. The standard InChI is InChI=1S/C18H19NO2S/c1-14-5-4-6-15(13-14)9-10-18(20)19-11-12-22(21)17-8-3-2-7-16(17)19/h2-8,13H,9-12H2,1H3. The van der Waals surface area contributed by atoms with E-state index >= 15 is 0 Å². The Balaban J connectivity index is 1.73. The van der Waals surface area contributed by atoms with E-state index < -0.39 is 10.8 Å². The highest BCUT2D eigenvalue weighted by molar-refractivity contribution is 7.85. The Morgan fingerprint density at radius 3 is 2.82 bits per heavy atom. The van der Waals surface area contributed by atoms with Crippen molar-refractivity contribution in [3.05, 3.63) is 59.7 Å². The molecule has 0 radical (unpaired) electrons. The number of carbonyl (C=O) groups excluding carboxylic acids is 1. The molecule has 0 aromatic heterocycles. The van der Waals surface area contributed by atoms with Crippen LogP contribution in [0.25, 0.3) is 0 Å². The lowest BCUT2D eigenvalue weighted by atomic mass is 10.1. The van der Waals surface area contributed by atoms with Gasteiger partial charge in [0.15, 0.2) is 0 Å². The van der Waals surface area contributed by atoms with E-state index in [-0.39, 0.29) is 5.91 Å². The van der Waals surface area contributed by atoms with Crippen LogP contribution in [0.3, 0.4) is 0 Å². The van der Waals surface area contributed by atoms with Crippen molar-refractivity contribution in [2.45, 2.75) is 24.7 Å². The van der Waals surface area contributed by atoms with E-state index in [1.807, 2.05) is 30.3 Å². The van der Waals surface area contributed by atoms with Crippen LogP contribution in [0.2, 0.25) is 0 Å². The van der Waals surface area contributed by atoms with Gasteiger partial charge in [-0.1, -0.05) is 42.0 Å². The van der Waals surface area contributed by atoms with Crippen molar-refractivity contribution in [1.82, 2.24) is 0 Å². The molecule has 3 rings (SSSR count). The van der Waals surface area contributed by atoms with Crippen molar-refractivity contribution < 1.29 is 9.00 Å². The Hall–Kier alpha value is -1.94. The predicted molar refractivity (Wildman–Crippen MR) is 89.6 cm³/mol. The van der Waals surface area contributed by atoms with Gasteiger partial charge in [-0.25, -0.2) is 0 Å². The summed E-state index contributed by atoms with van der Waals surface area (Å²) < 4.78 is 12.0. The molecule has 0 saturated carbocycles. The van der Waals surface area contributed by atoms with Crippen LogP contribution in [0.1, 0.15) is 17.5 Å². The van der Waals surface area contributed by atoms with Crippen molar-refractivity contribution in [2.24, 2.45) is 0 Å². The maximum Gasteiger partial charge on any atom is 0.227 e. The Labute approximate surface area is 133 Å². The van der Waals surface area contributed by atoms with E-state index in [0.717, 1.165) is 17.0 Å². The minimum atomic E-state index is -0.989. The molecule has 1 amide bonds. The number of benzene rings is 2. The van der Waals surface area contributed by atoms with Crippen LogP contribution in [-0.2, 0) is 22.0 Å². The monoisotopic (exact) mass is 313 g/mol. The van der Waals surface area contributed by atoms with Crippen LogP contribution >= 0.6 is 0 Å². The van der Waals surface area contributed by atoms with Crippen LogP contribution in [-0.4, -0.2) is 22.4 Å². The van der Waals surface area contributed by atoms with Crippen LogP contribution in [0.5, 0.6) is 0 Å². The Kier molecular flexibility index (Phi) is 4.39. The molecule has 1 atom stereocenters. The lowest BCUT2D eigenvalue weighted by molar-refractivity contribution is -0.118. The highest BCUT2D eigenvalue weighted by Crippen LogP contribution is 2.28. The summed E-state index contributed by atoms with van der Waals surface area (Å²) in [6.45, 7) is 2.60. The fourth-order valence-electron chi connectivity index (χ4n) is 2.79. The summed E-state index contributed by atoms with van der Waals surface area (Å²) in [5.74, 6) is 0.623. The van der Waals surface area contributed by atoms with Gasteiger partial charge in [0, 0.05) is 18.7 Å². The molecule has 0 bridgehead atoms. The third-order valence-electron chi connectivity index (χ3n) is 3.91. The maximum atomic E-state index is 12.6. The quantitative estimate of drug-likeness (QED) is 0.873. The number of anilines is 1. The van der Waals surface area contributed by atoms with Gasteiger partial charge < -0.3 is 4.90 Å². The molecule has 0 fully saturated rings. The van der Waals surface area contributed by atoms with Crippen molar-refractivity contribution in [3.8, 4) is 0 Å². The van der Waals surface area contributed by atoms with E-state index in [4.69, 9.17) is 0 Å². The fraction of sp³-hybridized carbons (Fsp3) is 0.278. The van der Waals surface area contributed by atoms with Crippen molar-refractivity contribution in [1.29, 1.82) is 0 Å². The van der Waals surface area contributed by atoms with Gasteiger partial charge in [-0.15, -0.1) is 0 Å². The summed E-state index contributed by atoms with van der Waals surface area (Å²) in [6.07, 6.45) is 1.21. The largest absolute Gasteiger partial charge is 0.310 e. The molecule has 0 saturated heterocycles. The second kappa shape index (κ2) is 6.44. The third kappa shape index (κ3) is 3.12. The second-order valence-electron chi connectivity index (χ2n) is 5.55. The summed E-state index contributed by atoms with van der Waals surface area (Å²) in [5, 5.41) is 0. The maximum absolute atomic E-state index is 12.6. The van der Waals surface area contributed by atoms with E-state index in [1.165, 1.54) is 11.1 Å². The number of rotatable bonds is 3. The molecule has 2 aromatic carbocycles. The van der Waals surface area contributed by atoms with E-state index in [0.29, 0.717) is 18.7 Å². The third-order valence-corrected chi connectivity index (χ3v) is 5.30.